The molecule has 0 bridgehead atoms. The molecule has 0 saturated carbocycles. The van der Waals surface area contributed by atoms with Gasteiger partial charge in [-0.15, -0.1) is 5.10 Å². The minimum absolute atomic E-state index is 0.0261. The topological polar surface area (TPSA) is 123 Å². The van der Waals surface area contributed by atoms with Gasteiger partial charge in [0.05, 0.1) is 0 Å². The molecule has 0 aliphatic rings. The van der Waals surface area contributed by atoms with Crippen molar-refractivity contribution in [2.45, 2.75) is 37.8 Å². The minimum Gasteiger partial charge on any atom is -0.391 e. The third-order valence-electron chi connectivity index (χ3n) is 4.76. The number of aromatic nitrogens is 4. The normalized spacial score (nSPS) is 14.1. The summed E-state index contributed by atoms with van der Waals surface area (Å²) in [5.41, 5.74) is 1.76. The van der Waals surface area contributed by atoms with Crippen LogP contribution in [0.1, 0.15) is 41.5 Å². The molecule has 3 aromatic rings. The Balaban J connectivity index is 2.09. The molecule has 0 saturated heterocycles. The maximum Gasteiger partial charge on any atom is 0.434 e. The molecule has 0 aliphatic heterocycles. The van der Waals surface area contributed by atoms with Gasteiger partial charge in [0.15, 0.2) is 5.03 Å². The number of halogens is 2. The molecule has 9 nitrogen and oxygen atoms in total. The van der Waals surface area contributed by atoms with E-state index in [1.54, 1.807) is 19.9 Å². The van der Waals surface area contributed by atoms with Crippen molar-refractivity contribution in [1.82, 2.24) is 24.5 Å². The second-order valence-corrected chi connectivity index (χ2v) is 8.70. The van der Waals surface area contributed by atoms with E-state index in [1.807, 2.05) is 6.92 Å². The first-order valence-corrected chi connectivity index (χ1v) is 10.4. The summed E-state index contributed by atoms with van der Waals surface area (Å²) >= 11 is 5.84. The maximum absolute atomic E-state index is 14.6. The average molecular weight is 444 g/mol. The van der Waals surface area contributed by atoms with E-state index in [4.69, 9.17) is 16.0 Å². The quantitative estimate of drug-likeness (QED) is 0.602. The van der Waals surface area contributed by atoms with E-state index < -0.39 is 33.6 Å². The van der Waals surface area contributed by atoms with Gasteiger partial charge in [0.2, 0.25) is 11.2 Å². The van der Waals surface area contributed by atoms with Crippen molar-refractivity contribution in [3.05, 3.63) is 62.6 Å². The van der Waals surface area contributed by atoms with Crippen LogP contribution in [0.25, 0.3) is 0 Å². The number of nitrogens with one attached hydrogen (secondary N) is 2. The fourth-order valence-corrected chi connectivity index (χ4v) is 4.50. The van der Waals surface area contributed by atoms with Gasteiger partial charge >= 0.3 is 5.76 Å². The number of benzene rings is 1. The van der Waals surface area contributed by atoms with E-state index in [2.05, 4.69) is 19.9 Å². The van der Waals surface area contributed by atoms with Gasteiger partial charge in [-0.05, 0) is 48.2 Å². The Labute approximate surface area is 171 Å². The zero-order valence-corrected chi connectivity index (χ0v) is 17.6. The SMILES string of the molecule is Cc1ccc(F)c(C(C)C(NS(=O)(=O)c2cn(C)c(Cl)n2)c2n[nH]c(=O)o2)c1C. The lowest BCUT2D eigenvalue weighted by Crippen LogP contribution is -2.33. The van der Waals surface area contributed by atoms with Gasteiger partial charge in [-0.2, -0.15) is 4.72 Å². The van der Waals surface area contributed by atoms with Crippen LogP contribution in [0.15, 0.2) is 32.6 Å². The lowest BCUT2D eigenvalue weighted by Gasteiger charge is -2.24. The Morgan fingerprint density at radius 3 is 2.59 bits per heavy atom. The van der Waals surface area contributed by atoms with E-state index in [0.717, 1.165) is 5.56 Å². The van der Waals surface area contributed by atoms with Crippen LogP contribution in [-0.4, -0.2) is 28.2 Å². The van der Waals surface area contributed by atoms with E-state index in [0.29, 0.717) is 5.56 Å². The molecule has 2 unspecified atom stereocenters. The molecule has 3 rings (SSSR count). The lowest BCUT2D eigenvalue weighted by molar-refractivity contribution is 0.376. The van der Waals surface area contributed by atoms with Crippen molar-refractivity contribution >= 4 is 21.6 Å². The van der Waals surface area contributed by atoms with Gasteiger partial charge in [0, 0.05) is 19.2 Å². The molecule has 0 spiro atoms. The third kappa shape index (κ3) is 4.11. The largest absolute Gasteiger partial charge is 0.434 e. The molecule has 0 aliphatic carbocycles. The standard InChI is InChI=1S/C17H19ClFN5O4S/c1-8-5-6-11(19)13(9(8)2)10(3)14(15-21-22-17(25)28-15)23-29(26,27)12-7-24(4)16(18)20-12/h5-7,10,14,23H,1-4H3,(H,22,25). The molecule has 1 aromatic carbocycles. The Bertz CT molecular complexity index is 1200. The Kier molecular flexibility index (Phi) is 5.65. The van der Waals surface area contributed by atoms with E-state index in [9.17, 15) is 17.6 Å². The van der Waals surface area contributed by atoms with Crippen LogP contribution < -0.4 is 10.5 Å². The number of hydrogen-bond acceptors (Lipinski definition) is 6. The summed E-state index contributed by atoms with van der Waals surface area (Å²) in [5, 5.41) is 5.47. The van der Waals surface area contributed by atoms with Crippen LogP contribution in [0.3, 0.4) is 0 Å². The van der Waals surface area contributed by atoms with Crippen LogP contribution in [-0.2, 0) is 17.1 Å². The molecule has 2 aromatic heterocycles. The number of aromatic amines is 1. The zero-order valence-electron chi connectivity index (χ0n) is 16.0. The number of H-pyrrole nitrogens is 1. The zero-order chi connectivity index (χ0) is 21.5. The second-order valence-electron chi connectivity index (χ2n) is 6.70. The number of hydrogen-bond donors (Lipinski definition) is 2. The maximum atomic E-state index is 14.6. The molecule has 12 heteroatoms. The van der Waals surface area contributed by atoms with Crippen molar-refractivity contribution in [3.8, 4) is 0 Å². The van der Waals surface area contributed by atoms with Gasteiger partial charge < -0.3 is 8.98 Å². The predicted octanol–water partition coefficient (Wildman–Crippen LogP) is 2.33. The highest BCUT2D eigenvalue weighted by atomic mass is 35.5. The lowest BCUT2D eigenvalue weighted by atomic mass is 9.88. The van der Waals surface area contributed by atoms with Crippen molar-refractivity contribution in [2.24, 2.45) is 7.05 Å². The number of rotatable bonds is 6. The number of nitrogens with zero attached hydrogens (tertiary/aromatic N) is 3. The highest BCUT2D eigenvalue weighted by molar-refractivity contribution is 7.89. The van der Waals surface area contributed by atoms with E-state index in [-0.39, 0.29) is 21.8 Å². The van der Waals surface area contributed by atoms with E-state index >= 15 is 0 Å². The molecule has 2 heterocycles. The summed E-state index contributed by atoms with van der Waals surface area (Å²) in [4.78, 5) is 15.3. The van der Waals surface area contributed by atoms with Crippen molar-refractivity contribution in [2.75, 3.05) is 0 Å². The van der Waals surface area contributed by atoms with Gasteiger partial charge in [0.25, 0.3) is 10.0 Å². The number of imidazole rings is 1. The number of sulfonamides is 1. The number of aryl methyl sites for hydroxylation is 2. The molecule has 0 amide bonds. The first-order valence-electron chi connectivity index (χ1n) is 8.53. The summed E-state index contributed by atoms with van der Waals surface area (Å²) in [7, 11) is -2.66. The summed E-state index contributed by atoms with van der Waals surface area (Å²) in [6.45, 7) is 5.15. The van der Waals surface area contributed by atoms with Crippen LogP contribution >= 0.6 is 11.6 Å². The van der Waals surface area contributed by atoms with E-state index in [1.165, 1.54) is 23.9 Å². The summed E-state index contributed by atoms with van der Waals surface area (Å²) < 4.78 is 49.1. The monoisotopic (exact) mass is 443 g/mol. The van der Waals surface area contributed by atoms with Gasteiger partial charge in [-0.25, -0.2) is 27.7 Å². The summed E-state index contributed by atoms with van der Waals surface area (Å²) in [6, 6.07) is 1.75. The Morgan fingerprint density at radius 1 is 1.34 bits per heavy atom. The predicted molar refractivity (Wildman–Crippen MR) is 103 cm³/mol. The molecule has 0 radical (unpaired) electrons. The van der Waals surface area contributed by atoms with Crippen LogP contribution in [0.4, 0.5) is 4.39 Å². The summed E-state index contributed by atoms with van der Waals surface area (Å²) in [6.07, 6.45) is 1.23. The molecule has 29 heavy (non-hydrogen) atoms. The first-order chi connectivity index (χ1) is 13.5. The molecule has 0 fully saturated rings. The van der Waals surface area contributed by atoms with Crippen LogP contribution in [0.5, 0.6) is 0 Å². The van der Waals surface area contributed by atoms with Crippen LogP contribution in [0, 0.1) is 19.7 Å². The van der Waals surface area contributed by atoms with Gasteiger partial charge in [-0.3, -0.25) is 0 Å². The molecular weight excluding hydrogens is 425 g/mol. The highest BCUT2D eigenvalue weighted by Crippen LogP contribution is 2.35. The second kappa shape index (κ2) is 7.73. The van der Waals surface area contributed by atoms with Crippen LogP contribution in [0.2, 0.25) is 5.28 Å². The van der Waals surface area contributed by atoms with Gasteiger partial charge in [-0.1, -0.05) is 13.0 Å². The Morgan fingerprint density at radius 2 is 2.03 bits per heavy atom. The Hall–Kier alpha value is -2.50. The fourth-order valence-electron chi connectivity index (χ4n) is 3.05. The van der Waals surface area contributed by atoms with Crippen molar-refractivity contribution in [3.63, 3.8) is 0 Å². The molecule has 2 N–H and O–H groups in total. The third-order valence-corrected chi connectivity index (χ3v) is 6.43. The molecule has 156 valence electrons. The van der Waals surface area contributed by atoms with Gasteiger partial charge in [0.1, 0.15) is 11.9 Å². The first kappa shape index (κ1) is 21.2. The smallest absolute Gasteiger partial charge is 0.391 e. The van der Waals surface area contributed by atoms with Crippen molar-refractivity contribution in [1.29, 1.82) is 0 Å². The van der Waals surface area contributed by atoms with Crippen molar-refractivity contribution < 1.29 is 17.2 Å². The summed E-state index contributed by atoms with van der Waals surface area (Å²) in [5.74, 6) is -2.37. The average Bonchev–Trinajstić information content (AvgIpc) is 3.22. The molecular formula is C17H19ClFN5O4S. The minimum atomic E-state index is -4.19. The molecule has 2 atom stereocenters. The highest BCUT2D eigenvalue weighted by Gasteiger charge is 2.34. The fraction of sp³-hybridized carbons (Fsp3) is 0.353.